The van der Waals surface area contributed by atoms with E-state index in [0.717, 1.165) is 23.7 Å². The number of ether oxygens (including phenoxy) is 1. The molecule has 2 heterocycles. The Bertz CT molecular complexity index is 1180. The van der Waals surface area contributed by atoms with Crippen molar-refractivity contribution >= 4 is 34.9 Å². The van der Waals surface area contributed by atoms with E-state index in [-0.39, 0.29) is 29.7 Å². The number of carbonyl (C=O) groups is 1. The number of nitrogens with two attached hydrogens (primary N) is 1. The average Bonchev–Trinajstić information content (AvgIpc) is 2.86. The van der Waals surface area contributed by atoms with Crippen molar-refractivity contribution in [1.29, 1.82) is 0 Å². The highest BCUT2D eigenvalue weighted by Gasteiger charge is 2.35. The normalized spacial score (nSPS) is 15.9. The fourth-order valence-electron chi connectivity index (χ4n) is 3.90. The van der Waals surface area contributed by atoms with Crippen LogP contribution in [0.2, 0.25) is 0 Å². The Labute approximate surface area is 198 Å². The highest BCUT2D eigenvalue weighted by atomic mass is 32.2. The van der Waals surface area contributed by atoms with Crippen LogP contribution in [0, 0.1) is 17.5 Å². The van der Waals surface area contributed by atoms with Crippen molar-refractivity contribution in [2.24, 2.45) is 5.14 Å². The molecule has 2 aromatic carbocycles. The average molecular weight is 490 g/mol. The molecule has 0 bridgehead atoms. The molecule has 178 valence electrons. The summed E-state index contributed by atoms with van der Waals surface area (Å²) in [4.78, 5) is 21.1. The first kappa shape index (κ1) is 23.7. The van der Waals surface area contributed by atoms with Gasteiger partial charge in [0, 0.05) is 37.2 Å². The number of methoxy groups -OCH3 is 1. The van der Waals surface area contributed by atoms with Gasteiger partial charge >= 0.3 is 0 Å². The number of nitrogens with one attached hydrogen (secondary N) is 1. The minimum Gasteiger partial charge on any atom is -0.491 e. The van der Waals surface area contributed by atoms with Gasteiger partial charge in [0.25, 0.3) is 0 Å². The van der Waals surface area contributed by atoms with Crippen molar-refractivity contribution < 1.29 is 22.7 Å². The lowest BCUT2D eigenvalue weighted by Gasteiger charge is -2.43. The molecular formula is C23H22F3N5O2S. The molecule has 1 aliphatic rings. The van der Waals surface area contributed by atoms with Crippen LogP contribution >= 0.6 is 11.9 Å². The van der Waals surface area contributed by atoms with Crippen LogP contribution in [0.25, 0.3) is 0 Å². The van der Waals surface area contributed by atoms with Crippen LogP contribution in [0.1, 0.15) is 0 Å². The quantitative estimate of drug-likeness (QED) is 0.510. The molecule has 1 saturated heterocycles. The van der Waals surface area contributed by atoms with Gasteiger partial charge < -0.3 is 19.9 Å². The molecule has 0 saturated carbocycles. The molecule has 1 aliphatic heterocycles. The number of anilines is 3. The molecule has 4 rings (SSSR count). The molecule has 11 heteroatoms. The van der Waals surface area contributed by atoms with Gasteiger partial charge in [0.1, 0.15) is 16.9 Å². The summed E-state index contributed by atoms with van der Waals surface area (Å²) in [5.41, 5.74) is 1.49. The van der Waals surface area contributed by atoms with Gasteiger partial charge in [0.15, 0.2) is 11.6 Å². The number of benzene rings is 2. The van der Waals surface area contributed by atoms with Gasteiger partial charge in [0.05, 0.1) is 12.8 Å². The lowest BCUT2D eigenvalue weighted by atomic mass is 10.1. The fraction of sp³-hybridized carbons (Fsp3) is 0.217. The van der Waals surface area contributed by atoms with E-state index in [1.807, 2.05) is 4.90 Å². The van der Waals surface area contributed by atoms with Gasteiger partial charge in [-0.2, -0.15) is 4.39 Å². The van der Waals surface area contributed by atoms with Crippen molar-refractivity contribution in [3.63, 3.8) is 0 Å². The number of amides is 1. The Morgan fingerprint density at radius 2 is 1.91 bits per heavy atom. The molecule has 1 amide bonds. The zero-order chi connectivity index (χ0) is 24.2. The molecule has 1 aromatic heterocycles. The van der Waals surface area contributed by atoms with E-state index >= 15 is 0 Å². The van der Waals surface area contributed by atoms with Crippen LogP contribution in [0.5, 0.6) is 5.75 Å². The van der Waals surface area contributed by atoms with E-state index in [1.54, 1.807) is 29.2 Å². The number of rotatable bonds is 6. The predicted molar refractivity (Wildman–Crippen MR) is 126 cm³/mol. The first-order valence-electron chi connectivity index (χ1n) is 10.3. The number of aromatic nitrogens is 1. The second-order valence-electron chi connectivity index (χ2n) is 7.54. The maximum absolute atomic E-state index is 14.5. The zero-order valence-electron chi connectivity index (χ0n) is 18.2. The second kappa shape index (κ2) is 10.2. The van der Waals surface area contributed by atoms with Crippen LogP contribution in [-0.2, 0) is 4.79 Å². The Morgan fingerprint density at radius 3 is 2.62 bits per heavy atom. The Balaban J connectivity index is 1.68. The number of pyridine rings is 1. The van der Waals surface area contributed by atoms with Gasteiger partial charge in [-0.15, -0.1) is 0 Å². The molecule has 3 aromatic rings. The molecule has 3 N–H and O–H groups in total. The summed E-state index contributed by atoms with van der Waals surface area (Å²) in [6, 6.07) is 10.8. The van der Waals surface area contributed by atoms with Gasteiger partial charge in [0.2, 0.25) is 11.7 Å². The van der Waals surface area contributed by atoms with Crippen LogP contribution in [0.4, 0.5) is 30.2 Å². The summed E-state index contributed by atoms with van der Waals surface area (Å²) < 4.78 is 46.9. The molecule has 1 atom stereocenters. The monoisotopic (exact) mass is 489 g/mol. The summed E-state index contributed by atoms with van der Waals surface area (Å²) in [6.45, 7) is 0.973. The van der Waals surface area contributed by atoms with Crippen molar-refractivity contribution in [1.82, 2.24) is 4.98 Å². The van der Waals surface area contributed by atoms with E-state index < -0.39 is 17.7 Å². The van der Waals surface area contributed by atoms with Crippen molar-refractivity contribution in [2.45, 2.75) is 11.1 Å². The molecule has 0 radical (unpaired) electrons. The summed E-state index contributed by atoms with van der Waals surface area (Å²) in [6.07, 6.45) is 1.52. The topological polar surface area (TPSA) is 83.7 Å². The van der Waals surface area contributed by atoms with E-state index in [4.69, 9.17) is 9.88 Å². The highest BCUT2D eigenvalue weighted by molar-refractivity contribution is 7.97. The first-order chi connectivity index (χ1) is 16.4. The Kier molecular flexibility index (Phi) is 7.13. The lowest BCUT2D eigenvalue weighted by molar-refractivity contribution is -0.117. The Morgan fingerprint density at radius 1 is 1.15 bits per heavy atom. The Hall–Kier alpha value is -3.44. The van der Waals surface area contributed by atoms with Crippen molar-refractivity contribution in [3.8, 4) is 5.75 Å². The van der Waals surface area contributed by atoms with Crippen LogP contribution in [-0.4, -0.2) is 43.7 Å². The number of hydrogen-bond donors (Lipinski definition) is 2. The largest absolute Gasteiger partial charge is 0.491 e. The van der Waals surface area contributed by atoms with E-state index in [0.29, 0.717) is 23.8 Å². The third-order valence-corrected chi connectivity index (χ3v) is 6.01. The molecule has 0 aliphatic carbocycles. The number of piperazine rings is 1. The third-order valence-electron chi connectivity index (χ3n) is 5.54. The fourth-order valence-corrected chi connectivity index (χ4v) is 4.22. The minimum atomic E-state index is -1.13. The van der Waals surface area contributed by atoms with Crippen LogP contribution < -0.4 is 25.0 Å². The van der Waals surface area contributed by atoms with Crippen LogP contribution in [0.3, 0.4) is 0 Å². The van der Waals surface area contributed by atoms with Crippen LogP contribution in [0.15, 0.2) is 59.8 Å². The molecule has 1 fully saturated rings. The predicted octanol–water partition coefficient (Wildman–Crippen LogP) is 3.81. The minimum absolute atomic E-state index is 0.212. The molecule has 7 nitrogen and oxygen atoms in total. The van der Waals surface area contributed by atoms with Gasteiger partial charge in [-0.3, -0.25) is 9.93 Å². The summed E-state index contributed by atoms with van der Waals surface area (Å²) in [7, 11) is 1.24. The number of hydrogen-bond acceptors (Lipinski definition) is 7. The van der Waals surface area contributed by atoms with E-state index in [9.17, 15) is 18.0 Å². The van der Waals surface area contributed by atoms with Crippen molar-refractivity contribution in [3.05, 3.63) is 72.2 Å². The number of halogens is 3. The SMILES string of the molecule is COc1c(N2CCN(c3ccc(F)cc3)CC2C(=O)Nc2ccnc(SN)c2)ccc(F)c1F. The van der Waals surface area contributed by atoms with Gasteiger partial charge in [-0.25, -0.2) is 13.8 Å². The maximum Gasteiger partial charge on any atom is 0.248 e. The zero-order valence-corrected chi connectivity index (χ0v) is 19.0. The smallest absolute Gasteiger partial charge is 0.248 e. The molecule has 0 spiro atoms. The highest BCUT2D eigenvalue weighted by Crippen LogP contribution is 2.35. The standard InChI is InChI=1S/C23H22F3N5O2S/c1-33-22-18(7-6-17(25)21(22)26)31-11-10-30(16-4-2-14(24)3-5-16)13-19(31)23(32)29-15-8-9-28-20(12-15)34-27/h2-9,12,19H,10-11,13,27H2,1H3,(H,28,29,32). The summed E-state index contributed by atoms with van der Waals surface area (Å²) in [5.74, 6) is -3.19. The van der Waals surface area contributed by atoms with E-state index in [1.165, 1.54) is 31.5 Å². The third kappa shape index (κ3) is 4.90. The van der Waals surface area contributed by atoms with Crippen molar-refractivity contribution in [2.75, 3.05) is 41.9 Å². The lowest BCUT2D eigenvalue weighted by Crippen LogP contribution is -2.58. The van der Waals surface area contributed by atoms with E-state index in [2.05, 4.69) is 10.3 Å². The van der Waals surface area contributed by atoms with Gasteiger partial charge in [-0.05, 0) is 60.5 Å². The molecule has 34 heavy (non-hydrogen) atoms. The first-order valence-corrected chi connectivity index (χ1v) is 11.2. The summed E-state index contributed by atoms with van der Waals surface area (Å²) >= 11 is 0.944. The van der Waals surface area contributed by atoms with Gasteiger partial charge in [-0.1, -0.05) is 0 Å². The number of carbonyl (C=O) groups excluding carboxylic acids is 1. The second-order valence-corrected chi connectivity index (χ2v) is 8.19. The molecular weight excluding hydrogens is 467 g/mol. The summed E-state index contributed by atoms with van der Waals surface area (Å²) in [5, 5.41) is 8.93. The molecule has 1 unspecified atom stereocenters. The number of nitrogens with zero attached hydrogens (tertiary/aromatic N) is 3. The maximum atomic E-state index is 14.5.